The number of halogens is 1. The van der Waals surface area contributed by atoms with Crippen molar-refractivity contribution in [3.63, 3.8) is 0 Å². The number of amides is 3. The van der Waals surface area contributed by atoms with E-state index in [1.165, 1.54) is 24.3 Å². The van der Waals surface area contributed by atoms with Gasteiger partial charge in [0.05, 0.1) is 34.4 Å². The third-order valence-corrected chi connectivity index (χ3v) is 6.43. The molecule has 2 aliphatic rings. The van der Waals surface area contributed by atoms with Gasteiger partial charge in [-0.05, 0) is 36.0 Å². The zero-order chi connectivity index (χ0) is 24.2. The Labute approximate surface area is 203 Å². The predicted molar refractivity (Wildman–Crippen MR) is 129 cm³/mol. The molecule has 2 fully saturated rings. The number of thioether (sulfide) groups is 1. The van der Waals surface area contributed by atoms with E-state index in [1.54, 1.807) is 12.1 Å². The van der Waals surface area contributed by atoms with Crippen LogP contribution in [-0.4, -0.2) is 59.7 Å². The van der Waals surface area contributed by atoms with Gasteiger partial charge in [-0.1, -0.05) is 23.7 Å². The smallest absolute Gasteiger partial charge is 0.294 e. The van der Waals surface area contributed by atoms with Crippen molar-refractivity contribution in [2.75, 3.05) is 43.1 Å². The van der Waals surface area contributed by atoms with Gasteiger partial charge in [0.25, 0.3) is 16.8 Å². The maximum Gasteiger partial charge on any atom is 0.294 e. The van der Waals surface area contributed by atoms with Gasteiger partial charge in [-0.25, -0.2) is 0 Å². The Bertz CT molecular complexity index is 1200. The highest BCUT2D eigenvalue weighted by Gasteiger charge is 2.36. The quantitative estimate of drug-likeness (QED) is 0.360. The van der Waals surface area contributed by atoms with Crippen molar-refractivity contribution in [2.24, 2.45) is 0 Å². The molecule has 2 heterocycles. The number of rotatable bonds is 6. The molecule has 3 amide bonds. The van der Waals surface area contributed by atoms with Crippen LogP contribution in [-0.2, 0) is 14.3 Å². The van der Waals surface area contributed by atoms with Gasteiger partial charge in [-0.15, -0.1) is 0 Å². The van der Waals surface area contributed by atoms with Crippen molar-refractivity contribution in [1.82, 2.24) is 4.90 Å². The summed E-state index contributed by atoms with van der Waals surface area (Å²) in [6.07, 6.45) is 1.31. The minimum absolute atomic E-state index is 0.0221. The average molecular weight is 503 g/mol. The number of carbonyl (C=O) groups is 3. The van der Waals surface area contributed by atoms with Gasteiger partial charge >= 0.3 is 0 Å². The van der Waals surface area contributed by atoms with E-state index in [-0.39, 0.29) is 21.2 Å². The van der Waals surface area contributed by atoms with Crippen LogP contribution in [0.2, 0.25) is 5.02 Å². The first-order valence-electron chi connectivity index (χ1n) is 10.2. The Morgan fingerprint density at radius 2 is 1.94 bits per heavy atom. The maximum atomic E-state index is 12.8. The molecule has 2 aromatic rings. The normalized spacial score (nSPS) is 17.4. The second kappa shape index (κ2) is 10.2. The Balaban J connectivity index is 1.47. The third kappa shape index (κ3) is 5.22. The fourth-order valence-corrected chi connectivity index (χ4v) is 4.53. The standard InChI is InChI=1S/C22H19ClN4O6S/c23-16-6-5-15(27(31)32)11-14(16)12-19-21(29)26(22(30)34-19)13-20(28)24-17-3-1-2-4-18(17)25-7-9-33-10-8-25/h1-6,11-12H,7-10,13H2,(H,24,28)/b19-12-. The zero-order valence-electron chi connectivity index (χ0n) is 17.7. The topological polar surface area (TPSA) is 122 Å². The van der Waals surface area contributed by atoms with E-state index < -0.39 is 28.5 Å². The summed E-state index contributed by atoms with van der Waals surface area (Å²) in [7, 11) is 0. The number of morpholine rings is 1. The number of para-hydroxylation sites is 2. The highest BCUT2D eigenvalue weighted by Crippen LogP contribution is 2.34. The van der Waals surface area contributed by atoms with E-state index in [0.717, 1.165) is 10.6 Å². The van der Waals surface area contributed by atoms with Crippen LogP contribution in [0.3, 0.4) is 0 Å². The second-order valence-electron chi connectivity index (χ2n) is 7.40. The molecule has 12 heteroatoms. The molecule has 0 bridgehead atoms. The van der Waals surface area contributed by atoms with Gasteiger partial charge in [-0.3, -0.25) is 29.4 Å². The fourth-order valence-electron chi connectivity index (χ4n) is 3.53. The molecule has 4 rings (SSSR count). The van der Waals surface area contributed by atoms with Crippen LogP contribution < -0.4 is 10.2 Å². The SMILES string of the molecule is O=C(CN1C(=O)S/C(=C\c2cc([N+](=O)[O-])ccc2Cl)C1=O)Nc1ccccc1N1CCOCC1. The maximum absolute atomic E-state index is 12.8. The predicted octanol–water partition coefficient (Wildman–Crippen LogP) is 3.76. The van der Waals surface area contributed by atoms with Crippen LogP contribution in [0.1, 0.15) is 5.56 Å². The first-order chi connectivity index (χ1) is 16.3. The van der Waals surface area contributed by atoms with Crippen molar-refractivity contribution < 1.29 is 24.0 Å². The van der Waals surface area contributed by atoms with Gasteiger partial charge in [0, 0.05) is 35.8 Å². The summed E-state index contributed by atoms with van der Waals surface area (Å²) in [4.78, 5) is 51.3. The number of hydrogen-bond donors (Lipinski definition) is 1. The van der Waals surface area contributed by atoms with Crippen molar-refractivity contribution in [3.05, 3.63) is 68.1 Å². The molecule has 0 spiro atoms. The minimum Gasteiger partial charge on any atom is -0.378 e. The summed E-state index contributed by atoms with van der Waals surface area (Å²) < 4.78 is 5.37. The highest BCUT2D eigenvalue weighted by atomic mass is 35.5. The van der Waals surface area contributed by atoms with Gasteiger partial charge in [-0.2, -0.15) is 0 Å². The number of hydrogen-bond acceptors (Lipinski definition) is 8. The summed E-state index contributed by atoms with van der Waals surface area (Å²) >= 11 is 6.73. The number of carbonyl (C=O) groups excluding carboxylic acids is 3. The summed E-state index contributed by atoms with van der Waals surface area (Å²) in [5.74, 6) is -1.20. The molecular formula is C22H19ClN4O6S. The molecular weight excluding hydrogens is 484 g/mol. The van der Waals surface area contributed by atoms with Crippen LogP contribution in [0.15, 0.2) is 47.4 Å². The molecule has 2 aliphatic heterocycles. The molecule has 0 atom stereocenters. The second-order valence-corrected chi connectivity index (χ2v) is 8.80. The first-order valence-corrected chi connectivity index (χ1v) is 11.4. The van der Waals surface area contributed by atoms with Crippen LogP contribution in [0, 0.1) is 10.1 Å². The number of nitrogens with zero attached hydrogens (tertiary/aromatic N) is 3. The lowest BCUT2D eigenvalue weighted by Crippen LogP contribution is -2.38. The van der Waals surface area contributed by atoms with E-state index in [1.807, 2.05) is 12.1 Å². The molecule has 10 nitrogen and oxygen atoms in total. The lowest BCUT2D eigenvalue weighted by molar-refractivity contribution is -0.384. The molecule has 34 heavy (non-hydrogen) atoms. The Hall–Kier alpha value is -3.41. The average Bonchev–Trinajstić information content (AvgIpc) is 3.08. The van der Waals surface area contributed by atoms with Crippen molar-refractivity contribution >= 4 is 63.6 Å². The molecule has 0 unspecified atom stereocenters. The zero-order valence-corrected chi connectivity index (χ0v) is 19.3. The lowest BCUT2D eigenvalue weighted by atomic mass is 10.2. The van der Waals surface area contributed by atoms with Gasteiger partial charge in [0.1, 0.15) is 6.54 Å². The van der Waals surface area contributed by atoms with Gasteiger partial charge in [0.2, 0.25) is 5.91 Å². The largest absolute Gasteiger partial charge is 0.378 e. The molecule has 2 aromatic carbocycles. The molecule has 1 N–H and O–H groups in total. The number of non-ortho nitro benzene ring substituents is 1. The fraction of sp³-hybridized carbons (Fsp3) is 0.227. The number of imide groups is 1. The lowest BCUT2D eigenvalue weighted by Gasteiger charge is -2.30. The number of benzene rings is 2. The van der Waals surface area contributed by atoms with E-state index in [0.29, 0.717) is 43.8 Å². The summed E-state index contributed by atoms with van der Waals surface area (Å²) in [5.41, 5.74) is 1.42. The van der Waals surface area contributed by atoms with Gasteiger partial charge < -0.3 is 15.0 Å². The van der Waals surface area contributed by atoms with E-state index in [2.05, 4.69) is 10.2 Å². The van der Waals surface area contributed by atoms with Crippen LogP contribution in [0.4, 0.5) is 21.9 Å². The van der Waals surface area contributed by atoms with Crippen LogP contribution in [0.5, 0.6) is 0 Å². The summed E-state index contributed by atoms with van der Waals surface area (Å²) in [6.45, 7) is 2.06. The number of nitrogens with one attached hydrogen (secondary N) is 1. The number of ether oxygens (including phenoxy) is 1. The van der Waals surface area contributed by atoms with E-state index in [9.17, 15) is 24.5 Å². The third-order valence-electron chi connectivity index (χ3n) is 5.18. The Kier molecular flexibility index (Phi) is 7.15. The first kappa shape index (κ1) is 23.7. The minimum atomic E-state index is -0.672. The molecule has 0 saturated carbocycles. The van der Waals surface area contributed by atoms with E-state index >= 15 is 0 Å². The van der Waals surface area contributed by atoms with Gasteiger partial charge in [0.15, 0.2) is 0 Å². The number of anilines is 2. The Morgan fingerprint density at radius 3 is 2.68 bits per heavy atom. The number of nitro groups is 1. The molecule has 176 valence electrons. The molecule has 0 aromatic heterocycles. The van der Waals surface area contributed by atoms with Crippen molar-refractivity contribution in [2.45, 2.75) is 0 Å². The van der Waals surface area contributed by atoms with Crippen molar-refractivity contribution in [1.29, 1.82) is 0 Å². The monoisotopic (exact) mass is 502 g/mol. The highest BCUT2D eigenvalue weighted by molar-refractivity contribution is 8.18. The van der Waals surface area contributed by atoms with E-state index in [4.69, 9.17) is 16.3 Å². The van der Waals surface area contributed by atoms with Crippen LogP contribution in [0.25, 0.3) is 6.08 Å². The number of nitro benzene ring substituents is 1. The summed E-state index contributed by atoms with van der Waals surface area (Å²) in [5, 5.41) is 13.4. The molecule has 0 radical (unpaired) electrons. The molecule has 2 saturated heterocycles. The molecule has 0 aliphatic carbocycles. The van der Waals surface area contributed by atoms with Crippen LogP contribution >= 0.6 is 23.4 Å². The Morgan fingerprint density at radius 1 is 1.21 bits per heavy atom. The summed E-state index contributed by atoms with van der Waals surface area (Å²) in [6, 6.07) is 11.1. The van der Waals surface area contributed by atoms with Crippen molar-refractivity contribution in [3.8, 4) is 0 Å².